The van der Waals surface area contributed by atoms with Crippen molar-refractivity contribution >= 4 is 18.3 Å². The van der Waals surface area contributed by atoms with Gasteiger partial charge >= 0.3 is 0 Å². The van der Waals surface area contributed by atoms with Gasteiger partial charge in [-0.15, -0.1) is 12.4 Å². The molecule has 2 rings (SSSR count). The van der Waals surface area contributed by atoms with Crippen LogP contribution in [0.5, 0.6) is 5.75 Å². The highest BCUT2D eigenvalue weighted by Gasteiger charge is 2.25. The topological polar surface area (TPSA) is 41.6 Å². The molecule has 1 aromatic carbocycles. The first kappa shape index (κ1) is 20.8. The highest BCUT2D eigenvalue weighted by atomic mass is 35.5. The van der Waals surface area contributed by atoms with E-state index in [0.29, 0.717) is 6.54 Å². The summed E-state index contributed by atoms with van der Waals surface area (Å²) in [7, 11) is 1.68. The summed E-state index contributed by atoms with van der Waals surface area (Å²) >= 11 is 0. The predicted molar refractivity (Wildman–Crippen MR) is 101 cm³/mol. The summed E-state index contributed by atoms with van der Waals surface area (Å²) in [6, 6.07) is 8.49. The van der Waals surface area contributed by atoms with E-state index in [1.54, 1.807) is 7.11 Å². The predicted octanol–water partition coefficient (Wildman–Crippen LogP) is 3.81. The first-order chi connectivity index (χ1) is 11.2. The van der Waals surface area contributed by atoms with Crippen molar-refractivity contribution in [3.05, 3.63) is 29.8 Å². The summed E-state index contributed by atoms with van der Waals surface area (Å²) in [6.07, 6.45) is 4.29. The third kappa shape index (κ3) is 5.38. The van der Waals surface area contributed by atoms with Crippen LogP contribution < -0.4 is 10.1 Å². The van der Waals surface area contributed by atoms with E-state index in [0.717, 1.165) is 31.7 Å². The molecule has 5 heteroatoms. The minimum absolute atomic E-state index is 0. The summed E-state index contributed by atoms with van der Waals surface area (Å²) in [5.74, 6) is 1.19. The lowest BCUT2D eigenvalue weighted by molar-refractivity contribution is -0.125. The molecule has 1 aliphatic heterocycles. The Hall–Kier alpha value is -1.26. The largest absolute Gasteiger partial charge is 0.497 e. The van der Waals surface area contributed by atoms with E-state index < -0.39 is 0 Å². The van der Waals surface area contributed by atoms with Gasteiger partial charge < -0.3 is 10.1 Å². The summed E-state index contributed by atoms with van der Waals surface area (Å²) in [4.78, 5) is 14.8. The molecule has 1 saturated heterocycles. The molecule has 0 bridgehead atoms. The van der Waals surface area contributed by atoms with Gasteiger partial charge in [-0.25, -0.2) is 0 Å². The van der Waals surface area contributed by atoms with Crippen molar-refractivity contribution in [1.82, 2.24) is 10.2 Å². The highest BCUT2D eigenvalue weighted by Crippen LogP contribution is 2.26. The Labute approximate surface area is 152 Å². The van der Waals surface area contributed by atoms with Gasteiger partial charge in [0.2, 0.25) is 5.91 Å². The van der Waals surface area contributed by atoms with E-state index in [2.05, 4.69) is 36.2 Å². The molecule has 0 aromatic heterocycles. The molecule has 4 nitrogen and oxygen atoms in total. The number of hydrogen-bond acceptors (Lipinski definition) is 3. The maximum Gasteiger partial charge on any atom is 0.223 e. The molecule has 24 heavy (non-hydrogen) atoms. The van der Waals surface area contributed by atoms with Gasteiger partial charge in [-0.3, -0.25) is 9.69 Å². The summed E-state index contributed by atoms with van der Waals surface area (Å²) in [5, 5.41) is 3.18. The van der Waals surface area contributed by atoms with E-state index in [1.165, 1.54) is 18.4 Å². The van der Waals surface area contributed by atoms with Crippen LogP contribution in [0.2, 0.25) is 0 Å². The number of benzene rings is 1. The lowest BCUT2D eigenvalue weighted by Crippen LogP contribution is -2.39. The van der Waals surface area contributed by atoms with Crippen molar-refractivity contribution < 1.29 is 9.53 Å². The average Bonchev–Trinajstić information content (AvgIpc) is 3.11. The summed E-state index contributed by atoms with van der Waals surface area (Å²) < 4.78 is 5.25. The number of methoxy groups -OCH3 is 1. The second-order valence-electron chi connectivity index (χ2n) is 6.29. The minimum atomic E-state index is 0. The molecule has 1 atom stereocenters. The van der Waals surface area contributed by atoms with Gasteiger partial charge in [-0.1, -0.05) is 26.0 Å². The number of amides is 1. The maximum absolute atomic E-state index is 12.3. The number of hydrogen-bond donors (Lipinski definition) is 1. The molecule has 1 unspecified atom stereocenters. The van der Waals surface area contributed by atoms with Crippen LogP contribution in [0, 0.1) is 5.92 Å². The van der Waals surface area contributed by atoms with Crippen molar-refractivity contribution in [2.45, 2.75) is 45.6 Å². The van der Waals surface area contributed by atoms with Gasteiger partial charge in [-0.05, 0) is 56.5 Å². The molecule has 136 valence electrons. The standard InChI is InChI=1S/C19H30N2O2.ClH/c1-4-15(5-2)19(22)20-14-18(21-12-6-7-13-21)16-8-10-17(23-3)11-9-16;/h8-11,15,18H,4-7,12-14H2,1-3H3,(H,20,22);1H. The van der Waals surface area contributed by atoms with Crippen molar-refractivity contribution in [1.29, 1.82) is 0 Å². The molecular weight excluding hydrogens is 324 g/mol. The van der Waals surface area contributed by atoms with Gasteiger partial charge in [-0.2, -0.15) is 0 Å². The molecule has 0 radical (unpaired) electrons. The third-order valence-electron chi connectivity index (χ3n) is 4.91. The number of carbonyl (C=O) groups is 1. The van der Waals surface area contributed by atoms with Gasteiger partial charge in [0, 0.05) is 12.5 Å². The molecule has 0 spiro atoms. The van der Waals surface area contributed by atoms with E-state index in [4.69, 9.17) is 4.74 Å². The van der Waals surface area contributed by atoms with E-state index in [-0.39, 0.29) is 30.3 Å². The van der Waals surface area contributed by atoms with Crippen LogP contribution in [0.4, 0.5) is 0 Å². The van der Waals surface area contributed by atoms with Gasteiger partial charge in [0.05, 0.1) is 13.2 Å². The Morgan fingerprint density at radius 1 is 1.17 bits per heavy atom. The normalized spacial score (nSPS) is 15.8. The molecule has 1 amide bonds. The number of nitrogens with one attached hydrogen (secondary N) is 1. The molecule has 1 N–H and O–H groups in total. The molecule has 1 heterocycles. The molecule has 0 saturated carbocycles. The Balaban J connectivity index is 0.00000288. The smallest absolute Gasteiger partial charge is 0.223 e. The van der Waals surface area contributed by atoms with Crippen LogP contribution in [0.15, 0.2) is 24.3 Å². The van der Waals surface area contributed by atoms with Crippen molar-refractivity contribution in [2.75, 3.05) is 26.7 Å². The zero-order valence-corrected chi connectivity index (χ0v) is 15.9. The lowest BCUT2D eigenvalue weighted by Gasteiger charge is -2.29. The summed E-state index contributed by atoms with van der Waals surface area (Å²) in [6.45, 7) is 7.06. The van der Waals surface area contributed by atoms with Gasteiger partial charge in [0.15, 0.2) is 0 Å². The van der Waals surface area contributed by atoms with Crippen LogP contribution in [0.25, 0.3) is 0 Å². The van der Waals surface area contributed by atoms with Crippen LogP contribution in [-0.4, -0.2) is 37.6 Å². The Kier molecular flexibility index (Phi) is 9.16. The van der Waals surface area contributed by atoms with Crippen LogP contribution >= 0.6 is 12.4 Å². The number of ether oxygens (including phenoxy) is 1. The minimum Gasteiger partial charge on any atom is -0.497 e. The van der Waals surface area contributed by atoms with Crippen LogP contribution in [-0.2, 0) is 4.79 Å². The first-order valence-corrected chi connectivity index (χ1v) is 8.85. The fraction of sp³-hybridized carbons (Fsp3) is 0.632. The van der Waals surface area contributed by atoms with Gasteiger partial charge in [0.1, 0.15) is 5.75 Å². The van der Waals surface area contributed by atoms with Crippen LogP contribution in [0.1, 0.15) is 51.1 Å². The Morgan fingerprint density at radius 2 is 1.75 bits per heavy atom. The Bertz CT molecular complexity index is 483. The maximum atomic E-state index is 12.3. The van der Waals surface area contributed by atoms with Crippen molar-refractivity contribution in [3.63, 3.8) is 0 Å². The lowest BCUT2D eigenvalue weighted by atomic mass is 10.0. The average molecular weight is 355 g/mol. The number of nitrogens with zero attached hydrogens (tertiary/aromatic N) is 1. The quantitative estimate of drug-likeness (QED) is 0.771. The van der Waals surface area contributed by atoms with E-state index >= 15 is 0 Å². The molecule has 0 aliphatic carbocycles. The molecule has 1 fully saturated rings. The number of likely N-dealkylation sites (tertiary alicyclic amines) is 1. The zero-order valence-electron chi connectivity index (χ0n) is 15.1. The van der Waals surface area contributed by atoms with E-state index in [1.807, 2.05) is 12.1 Å². The highest BCUT2D eigenvalue weighted by molar-refractivity contribution is 5.85. The number of rotatable bonds is 8. The molecular formula is C19H31ClN2O2. The van der Waals surface area contributed by atoms with E-state index in [9.17, 15) is 4.79 Å². The van der Waals surface area contributed by atoms with Crippen molar-refractivity contribution in [3.8, 4) is 5.75 Å². The fourth-order valence-electron chi connectivity index (χ4n) is 3.34. The number of carbonyl (C=O) groups excluding carboxylic acids is 1. The van der Waals surface area contributed by atoms with Gasteiger partial charge in [0.25, 0.3) is 0 Å². The first-order valence-electron chi connectivity index (χ1n) is 8.85. The second kappa shape index (κ2) is 10.6. The van der Waals surface area contributed by atoms with Crippen LogP contribution in [0.3, 0.4) is 0 Å². The summed E-state index contributed by atoms with van der Waals surface area (Å²) in [5.41, 5.74) is 1.25. The molecule has 1 aromatic rings. The zero-order chi connectivity index (χ0) is 16.7. The SMILES string of the molecule is CCC(CC)C(=O)NCC(c1ccc(OC)cc1)N1CCCC1.Cl. The third-order valence-corrected chi connectivity index (χ3v) is 4.91. The monoisotopic (exact) mass is 354 g/mol. The second-order valence-corrected chi connectivity index (χ2v) is 6.29. The molecule has 1 aliphatic rings. The fourth-order valence-corrected chi connectivity index (χ4v) is 3.34. The van der Waals surface area contributed by atoms with Crippen molar-refractivity contribution in [2.24, 2.45) is 5.92 Å². The number of halogens is 1. The Morgan fingerprint density at radius 3 is 2.25 bits per heavy atom.